The van der Waals surface area contributed by atoms with Gasteiger partial charge in [0.15, 0.2) is 0 Å². The predicted molar refractivity (Wildman–Crippen MR) is 130 cm³/mol. The summed E-state index contributed by atoms with van der Waals surface area (Å²) in [6, 6.07) is 5.12. The number of rotatable bonds is 9. The lowest BCUT2D eigenvalue weighted by Crippen LogP contribution is -2.40. The molecule has 1 aromatic heterocycles. The van der Waals surface area contributed by atoms with Gasteiger partial charge in [-0.15, -0.1) is 0 Å². The van der Waals surface area contributed by atoms with E-state index in [1.54, 1.807) is 24.5 Å². The van der Waals surface area contributed by atoms with Gasteiger partial charge >= 0.3 is 0 Å². The van der Waals surface area contributed by atoms with Crippen molar-refractivity contribution in [1.29, 1.82) is 0 Å². The van der Waals surface area contributed by atoms with Crippen molar-refractivity contribution in [2.75, 3.05) is 24.6 Å². The molecular formula is C26H32ClFN4O2. The van der Waals surface area contributed by atoms with Crippen molar-refractivity contribution in [3.63, 3.8) is 0 Å². The smallest absolute Gasteiger partial charge is 0.225 e. The molecule has 0 bridgehead atoms. The van der Waals surface area contributed by atoms with Crippen LogP contribution in [0.4, 0.5) is 10.3 Å². The molecule has 2 aromatic rings. The molecule has 1 aliphatic heterocycles. The van der Waals surface area contributed by atoms with Crippen LogP contribution in [0.15, 0.2) is 30.6 Å². The minimum atomic E-state index is -0.373. The molecule has 182 valence electrons. The van der Waals surface area contributed by atoms with Gasteiger partial charge in [-0.05, 0) is 74.3 Å². The molecule has 1 N–H and O–H groups in total. The van der Waals surface area contributed by atoms with Crippen LogP contribution in [-0.4, -0.2) is 41.6 Å². The molecule has 1 aromatic carbocycles. The number of aromatic nitrogens is 2. The second kappa shape index (κ2) is 10.5. The Labute approximate surface area is 205 Å². The van der Waals surface area contributed by atoms with E-state index in [0.717, 1.165) is 69.4 Å². The zero-order valence-electron chi connectivity index (χ0n) is 19.4. The van der Waals surface area contributed by atoms with Crippen LogP contribution < -0.4 is 15.0 Å². The summed E-state index contributed by atoms with van der Waals surface area (Å²) in [5.74, 6) is 3.03. The predicted octanol–water partition coefficient (Wildman–Crippen LogP) is 4.80. The number of nitrogens with one attached hydrogen (secondary N) is 1. The van der Waals surface area contributed by atoms with Gasteiger partial charge in [0.1, 0.15) is 11.6 Å². The van der Waals surface area contributed by atoms with Crippen LogP contribution in [0.3, 0.4) is 0 Å². The van der Waals surface area contributed by atoms with E-state index in [2.05, 4.69) is 20.2 Å². The molecule has 0 spiro atoms. The highest BCUT2D eigenvalue weighted by Crippen LogP contribution is 2.49. The second-order valence-corrected chi connectivity index (χ2v) is 10.4. The fraction of sp³-hybridized carbons (Fsp3) is 0.577. The molecule has 1 saturated heterocycles. The molecule has 6 nitrogen and oxygen atoms in total. The number of amides is 1. The first-order valence-corrected chi connectivity index (χ1v) is 12.9. The number of hydrogen-bond donors (Lipinski definition) is 1. The summed E-state index contributed by atoms with van der Waals surface area (Å²) in [5, 5.41) is 3.52. The van der Waals surface area contributed by atoms with E-state index in [4.69, 9.17) is 16.3 Å². The molecule has 2 aliphatic carbocycles. The molecule has 1 amide bonds. The van der Waals surface area contributed by atoms with Crippen molar-refractivity contribution < 1.29 is 13.9 Å². The molecule has 34 heavy (non-hydrogen) atoms. The molecule has 3 fully saturated rings. The van der Waals surface area contributed by atoms with Crippen molar-refractivity contribution in [2.24, 2.45) is 17.8 Å². The van der Waals surface area contributed by atoms with Gasteiger partial charge in [-0.1, -0.05) is 17.7 Å². The Morgan fingerprint density at radius 3 is 2.62 bits per heavy atom. The molecule has 2 atom stereocenters. The third-order valence-electron chi connectivity index (χ3n) is 7.62. The first-order chi connectivity index (χ1) is 16.5. The molecule has 2 saturated carbocycles. The standard InChI is InChI=1S/C26H32ClFN4O2/c27-20-15-29-26(30-16-20)32-9-6-17(7-10-32)23-12-18(23)8-11-34-22-5-4-19(24(28)14-22)13-25(33)31-21-2-1-3-21/h4-5,14-18,21,23H,1-3,6-13H2,(H,31,33)/t18-,23-/m1/s1. The van der Waals surface area contributed by atoms with Gasteiger partial charge in [0.25, 0.3) is 0 Å². The molecule has 2 heterocycles. The Morgan fingerprint density at radius 2 is 1.94 bits per heavy atom. The third-order valence-corrected chi connectivity index (χ3v) is 7.81. The molecule has 5 rings (SSSR count). The highest BCUT2D eigenvalue weighted by atomic mass is 35.5. The normalized spacial score (nSPS) is 22.8. The summed E-state index contributed by atoms with van der Waals surface area (Å²) < 4.78 is 20.3. The maximum absolute atomic E-state index is 14.4. The quantitative estimate of drug-likeness (QED) is 0.551. The van der Waals surface area contributed by atoms with Gasteiger partial charge < -0.3 is 15.0 Å². The molecule has 8 heteroatoms. The summed E-state index contributed by atoms with van der Waals surface area (Å²) in [6.45, 7) is 2.56. The lowest BCUT2D eigenvalue weighted by Gasteiger charge is -2.32. The minimum absolute atomic E-state index is 0.0787. The monoisotopic (exact) mass is 486 g/mol. The van der Waals surface area contributed by atoms with E-state index >= 15 is 0 Å². The number of benzene rings is 1. The van der Waals surface area contributed by atoms with E-state index in [9.17, 15) is 9.18 Å². The number of anilines is 1. The number of carbonyl (C=O) groups is 1. The zero-order chi connectivity index (χ0) is 23.5. The highest BCUT2D eigenvalue weighted by molar-refractivity contribution is 6.30. The summed E-state index contributed by atoms with van der Waals surface area (Å²) in [4.78, 5) is 23.0. The van der Waals surface area contributed by atoms with Gasteiger partial charge in [0.05, 0.1) is 30.4 Å². The number of halogens is 2. The van der Waals surface area contributed by atoms with E-state index in [1.165, 1.54) is 12.5 Å². The van der Waals surface area contributed by atoms with Crippen molar-refractivity contribution in [3.8, 4) is 5.75 Å². The van der Waals surface area contributed by atoms with E-state index in [-0.39, 0.29) is 24.2 Å². The van der Waals surface area contributed by atoms with E-state index in [0.29, 0.717) is 28.9 Å². The molecule has 0 unspecified atom stereocenters. The summed E-state index contributed by atoms with van der Waals surface area (Å²) in [6.07, 6.45) is 11.2. The first kappa shape index (κ1) is 23.3. The van der Waals surface area contributed by atoms with Gasteiger partial charge in [0, 0.05) is 25.2 Å². The summed E-state index contributed by atoms with van der Waals surface area (Å²) in [7, 11) is 0. The average Bonchev–Trinajstić information content (AvgIpc) is 3.58. The van der Waals surface area contributed by atoms with Gasteiger partial charge in [-0.3, -0.25) is 4.79 Å². The fourth-order valence-corrected chi connectivity index (χ4v) is 5.37. The lowest BCUT2D eigenvalue weighted by molar-refractivity contribution is -0.121. The van der Waals surface area contributed by atoms with Gasteiger partial charge in [-0.25, -0.2) is 14.4 Å². The molecule has 3 aliphatic rings. The third kappa shape index (κ3) is 5.80. The van der Waals surface area contributed by atoms with Crippen LogP contribution in [0, 0.1) is 23.6 Å². The fourth-order valence-electron chi connectivity index (χ4n) is 5.27. The van der Waals surface area contributed by atoms with Crippen LogP contribution >= 0.6 is 11.6 Å². The Kier molecular flexibility index (Phi) is 7.18. The topological polar surface area (TPSA) is 67.3 Å². The SMILES string of the molecule is O=C(Cc1ccc(OCC[C@@H]2C[C@@H]2C2CCN(c3ncc(Cl)cn3)CC2)cc1F)NC1CCC1. The van der Waals surface area contributed by atoms with E-state index in [1.807, 2.05) is 0 Å². The van der Waals surface area contributed by atoms with Crippen molar-refractivity contribution in [1.82, 2.24) is 15.3 Å². The second-order valence-electron chi connectivity index (χ2n) is 9.95. The largest absolute Gasteiger partial charge is 0.493 e. The van der Waals surface area contributed by atoms with Crippen molar-refractivity contribution in [3.05, 3.63) is 47.0 Å². The molecular weight excluding hydrogens is 455 g/mol. The van der Waals surface area contributed by atoms with E-state index < -0.39 is 0 Å². The number of carbonyl (C=O) groups excluding carboxylic acids is 1. The first-order valence-electron chi connectivity index (χ1n) is 12.5. The number of ether oxygens (including phenoxy) is 1. The van der Waals surface area contributed by atoms with Crippen LogP contribution in [-0.2, 0) is 11.2 Å². The lowest BCUT2D eigenvalue weighted by atomic mass is 9.90. The molecule has 0 radical (unpaired) electrons. The Morgan fingerprint density at radius 1 is 1.18 bits per heavy atom. The number of piperidine rings is 1. The van der Waals surface area contributed by atoms with Crippen LogP contribution in [0.25, 0.3) is 0 Å². The Hall–Kier alpha value is -2.41. The Bertz CT molecular complexity index is 993. The maximum Gasteiger partial charge on any atom is 0.225 e. The maximum atomic E-state index is 14.4. The van der Waals surface area contributed by atoms with Crippen LogP contribution in [0.5, 0.6) is 5.75 Å². The van der Waals surface area contributed by atoms with Crippen LogP contribution in [0.1, 0.15) is 50.5 Å². The van der Waals surface area contributed by atoms with Crippen molar-refractivity contribution in [2.45, 2.75) is 57.4 Å². The minimum Gasteiger partial charge on any atom is -0.493 e. The number of hydrogen-bond acceptors (Lipinski definition) is 5. The van der Waals surface area contributed by atoms with Crippen molar-refractivity contribution >= 4 is 23.5 Å². The highest BCUT2D eigenvalue weighted by Gasteiger charge is 2.43. The summed E-state index contributed by atoms with van der Waals surface area (Å²) >= 11 is 5.89. The Balaban J connectivity index is 1.01. The van der Waals surface area contributed by atoms with Gasteiger partial charge in [0.2, 0.25) is 11.9 Å². The summed E-state index contributed by atoms with van der Waals surface area (Å²) in [5.41, 5.74) is 0.418. The van der Waals surface area contributed by atoms with Gasteiger partial charge in [-0.2, -0.15) is 0 Å². The van der Waals surface area contributed by atoms with Crippen LogP contribution in [0.2, 0.25) is 5.02 Å². The average molecular weight is 487 g/mol. The number of nitrogens with zero attached hydrogens (tertiary/aromatic N) is 3. The zero-order valence-corrected chi connectivity index (χ0v) is 20.1.